The van der Waals surface area contributed by atoms with Gasteiger partial charge >= 0.3 is 0 Å². The number of furan rings is 1. The van der Waals surface area contributed by atoms with Gasteiger partial charge < -0.3 is 19.5 Å². The second-order valence-corrected chi connectivity index (χ2v) is 4.66. The molecule has 5 nitrogen and oxygen atoms in total. The molecule has 0 spiro atoms. The number of amides is 1. The van der Waals surface area contributed by atoms with E-state index >= 15 is 0 Å². The quantitative estimate of drug-likeness (QED) is 0.817. The molecule has 0 aliphatic rings. The summed E-state index contributed by atoms with van der Waals surface area (Å²) < 4.78 is 5.52. The van der Waals surface area contributed by atoms with Crippen molar-refractivity contribution in [2.45, 2.75) is 13.5 Å². The van der Waals surface area contributed by atoms with Gasteiger partial charge in [0.05, 0.1) is 13.1 Å². The van der Waals surface area contributed by atoms with Gasteiger partial charge in [0.15, 0.2) is 0 Å². The van der Waals surface area contributed by atoms with Crippen LogP contribution in [0.25, 0.3) is 0 Å². The molecule has 0 saturated heterocycles. The average Bonchev–Trinajstić information content (AvgIpc) is 2.70. The summed E-state index contributed by atoms with van der Waals surface area (Å²) in [5, 5.41) is 2.89. The normalized spacial score (nSPS) is 10.4. The maximum absolute atomic E-state index is 12.0. The van der Waals surface area contributed by atoms with Crippen LogP contribution in [-0.2, 0) is 11.3 Å². The van der Waals surface area contributed by atoms with Crippen LogP contribution in [0.3, 0.4) is 0 Å². The summed E-state index contributed by atoms with van der Waals surface area (Å²) in [4.78, 5) is 15.8. The number of aryl methyl sites for hydroxylation is 1. The zero-order valence-electron chi connectivity index (χ0n) is 12.1. The van der Waals surface area contributed by atoms with Gasteiger partial charge in [-0.15, -0.1) is 12.4 Å². The van der Waals surface area contributed by atoms with E-state index in [1.165, 1.54) is 0 Å². The molecule has 19 heavy (non-hydrogen) atoms. The molecule has 1 aromatic heterocycles. The minimum atomic E-state index is 0. The summed E-state index contributed by atoms with van der Waals surface area (Å²) in [6, 6.07) is 3.84. The van der Waals surface area contributed by atoms with Gasteiger partial charge in [-0.05, 0) is 40.2 Å². The Balaban J connectivity index is 0.00000324. The van der Waals surface area contributed by atoms with Crippen molar-refractivity contribution in [3.05, 3.63) is 23.7 Å². The lowest BCUT2D eigenvalue weighted by Crippen LogP contribution is -2.40. The highest BCUT2D eigenvalue weighted by atomic mass is 35.5. The van der Waals surface area contributed by atoms with Gasteiger partial charge in [0.2, 0.25) is 5.91 Å². The molecule has 110 valence electrons. The Morgan fingerprint density at radius 2 is 2.00 bits per heavy atom. The van der Waals surface area contributed by atoms with Gasteiger partial charge in [-0.1, -0.05) is 0 Å². The summed E-state index contributed by atoms with van der Waals surface area (Å²) in [6.07, 6.45) is 0. The number of nitrogens with one attached hydrogen (secondary N) is 1. The number of nitrogens with zero attached hydrogens (tertiary/aromatic N) is 2. The van der Waals surface area contributed by atoms with Crippen molar-refractivity contribution in [3.63, 3.8) is 0 Å². The molecule has 0 radical (unpaired) electrons. The SMILES string of the molecule is CNCC(=O)N(CCN(C)C)Cc1ccc(C)o1.Cl. The highest BCUT2D eigenvalue weighted by Crippen LogP contribution is 2.09. The van der Waals surface area contributed by atoms with Gasteiger partial charge in [-0.3, -0.25) is 4.79 Å². The second-order valence-electron chi connectivity index (χ2n) is 4.66. The third kappa shape index (κ3) is 6.61. The number of halogens is 1. The van der Waals surface area contributed by atoms with Crippen molar-refractivity contribution in [1.29, 1.82) is 0 Å². The number of likely N-dealkylation sites (N-methyl/N-ethyl adjacent to an activating group) is 2. The topological polar surface area (TPSA) is 48.7 Å². The van der Waals surface area contributed by atoms with E-state index in [0.717, 1.165) is 18.1 Å². The second kappa shape index (κ2) is 8.96. The fourth-order valence-corrected chi connectivity index (χ4v) is 1.63. The van der Waals surface area contributed by atoms with E-state index in [0.29, 0.717) is 19.6 Å². The summed E-state index contributed by atoms with van der Waals surface area (Å²) in [5.41, 5.74) is 0. The van der Waals surface area contributed by atoms with Gasteiger partial charge in [-0.25, -0.2) is 0 Å². The van der Waals surface area contributed by atoms with E-state index in [9.17, 15) is 4.79 Å². The molecule has 0 aliphatic carbocycles. The van der Waals surface area contributed by atoms with Gasteiger partial charge in [-0.2, -0.15) is 0 Å². The number of rotatable bonds is 7. The standard InChI is InChI=1S/C13H23N3O2.ClH/c1-11-5-6-12(18-11)10-16(8-7-15(3)4)13(17)9-14-2;/h5-6,14H,7-10H2,1-4H3;1H. The summed E-state index contributed by atoms with van der Waals surface area (Å²) in [7, 11) is 5.77. The average molecular weight is 290 g/mol. The smallest absolute Gasteiger partial charge is 0.236 e. The number of carbonyl (C=O) groups excluding carboxylic acids is 1. The van der Waals surface area contributed by atoms with Crippen molar-refractivity contribution in [2.75, 3.05) is 40.8 Å². The van der Waals surface area contributed by atoms with Gasteiger partial charge in [0.25, 0.3) is 0 Å². The fraction of sp³-hybridized carbons (Fsp3) is 0.615. The third-order valence-electron chi connectivity index (χ3n) is 2.64. The van der Waals surface area contributed by atoms with Crippen molar-refractivity contribution in [3.8, 4) is 0 Å². The molecule has 1 rings (SSSR count). The Morgan fingerprint density at radius 3 is 2.47 bits per heavy atom. The van der Waals surface area contributed by atoms with E-state index < -0.39 is 0 Å². The Morgan fingerprint density at radius 1 is 1.32 bits per heavy atom. The van der Waals surface area contributed by atoms with Crippen LogP contribution in [0.2, 0.25) is 0 Å². The lowest BCUT2D eigenvalue weighted by molar-refractivity contribution is -0.131. The van der Waals surface area contributed by atoms with Crippen LogP contribution in [0, 0.1) is 6.92 Å². The molecule has 0 atom stereocenters. The van der Waals surface area contributed by atoms with Crippen LogP contribution in [-0.4, -0.2) is 56.5 Å². The molecule has 1 N–H and O–H groups in total. The van der Waals surface area contributed by atoms with Crippen molar-refractivity contribution in [2.24, 2.45) is 0 Å². The van der Waals surface area contributed by atoms with Gasteiger partial charge in [0.1, 0.15) is 11.5 Å². The molecule has 1 aromatic rings. The lowest BCUT2D eigenvalue weighted by atomic mass is 10.3. The zero-order chi connectivity index (χ0) is 13.5. The number of carbonyl (C=O) groups is 1. The van der Waals surface area contributed by atoms with E-state index in [4.69, 9.17) is 4.42 Å². The Kier molecular flexibility index (Phi) is 8.47. The highest BCUT2D eigenvalue weighted by Gasteiger charge is 2.14. The van der Waals surface area contributed by atoms with Crippen LogP contribution >= 0.6 is 12.4 Å². The van der Waals surface area contributed by atoms with Gasteiger partial charge in [0, 0.05) is 13.1 Å². The predicted molar refractivity (Wildman–Crippen MR) is 78.6 cm³/mol. The molecular weight excluding hydrogens is 266 g/mol. The maximum Gasteiger partial charge on any atom is 0.236 e. The molecule has 6 heteroatoms. The molecule has 1 amide bonds. The minimum Gasteiger partial charge on any atom is -0.464 e. The van der Waals surface area contributed by atoms with Crippen LogP contribution in [0.1, 0.15) is 11.5 Å². The van der Waals surface area contributed by atoms with Crippen LogP contribution in [0.4, 0.5) is 0 Å². The maximum atomic E-state index is 12.0. The molecule has 0 saturated carbocycles. The van der Waals surface area contributed by atoms with Crippen LogP contribution in [0.15, 0.2) is 16.5 Å². The predicted octanol–water partition coefficient (Wildman–Crippen LogP) is 1.12. The zero-order valence-corrected chi connectivity index (χ0v) is 12.9. The van der Waals surface area contributed by atoms with E-state index in [-0.39, 0.29) is 18.3 Å². The Bertz CT molecular complexity index is 380. The Labute approximate surface area is 121 Å². The molecule has 0 unspecified atom stereocenters. The molecule has 1 heterocycles. The van der Waals surface area contributed by atoms with Crippen molar-refractivity contribution in [1.82, 2.24) is 15.1 Å². The first-order valence-corrected chi connectivity index (χ1v) is 6.15. The number of hydrogen-bond donors (Lipinski definition) is 1. The minimum absolute atomic E-state index is 0. The van der Waals surface area contributed by atoms with E-state index in [2.05, 4.69) is 10.2 Å². The van der Waals surface area contributed by atoms with Crippen molar-refractivity contribution < 1.29 is 9.21 Å². The fourth-order valence-electron chi connectivity index (χ4n) is 1.63. The third-order valence-corrected chi connectivity index (χ3v) is 2.64. The molecular formula is C13H24ClN3O2. The first-order valence-electron chi connectivity index (χ1n) is 6.15. The molecule has 0 bridgehead atoms. The van der Waals surface area contributed by atoms with Crippen molar-refractivity contribution >= 4 is 18.3 Å². The first-order chi connectivity index (χ1) is 8.52. The summed E-state index contributed by atoms with van der Waals surface area (Å²) >= 11 is 0. The monoisotopic (exact) mass is 289 g/mol. The van der Waals surface area contributed by atoms with Crippen LogP contribution in [0.5, 0.6) is 0 Å². The largest absolute Gasteiger partial charge is 0.464 e. The lowest BCUT2D eigenvalue weighted by Gasteiger charge is -2.23. The highest BCUT2D eigenvalue weighted by molar-refractivity contribution is 5.85. The molecule has 0 aliphatic heterocycles. The van der Waals surface area contributed by atoms with E-state index in [1.54, 1.807) is 7.05 Å². The summed E-state index contributed by atoms with van der Waals surface area (Å²) in [5.74, 6) is 1.79. The first kappa shape index (κ1) is 18.0. The van der Waals surface area contributed by atoms with Crippen LogP contribution < -0.4 is 5.32 Å². The number of hydrogen-bond acceptors (Lipinski definition) is 4. The molecule has 0 fully saturated rings. The van der Waals surface area contributed by atoms with E-state index in [1.807, 2.05) is 38.1 Å². The molecule has 0 aromatic carbocycles. The summed E-state index contributed by atoms with van der Waals surface area (Å²) in [6.45, 7) is 4.33. The Hall–Kier alpha value is -1.04.